The van der Waals surface area contributed by atoms with E-state index in [9.17, 15) is 4.79 Å². The minimum absolute atomic E-state index is 0.0624. The van der Waals surface area contributed by atoms with Gasteiger partial charge in [0.25, 0.3) is 0 Å². The highest BCUT2D eigenvalue weighted by Crippen LogP contribution is 2.23. The van der Waals surface area contributed by atoms with Crippen LogP contribution in [0.25, 0.3) is 0 Å². The van der Waals surface area contributed by atoms with Gasteiger partial charge in [0.05, 0.1) is 5.92 Å². The molecule has 20 heavy (non-hydrogen) atoms. The summed E-state index contributed by atoms with van der Waals surface area (Å²) in [6, 6.07) is 16.1. The molecule has 2 aromatic rings. The van der Waals surface area contributed by atoms with E-state index in [1.165, 1.54) is 0 Å². The Hall–Kier alpha value is -2.09. The van der Waals surface area contributed by atoms with Gasteiger partial charge in [0.2, 0.25) is 5.91 Å². The SMILES string of the molecule is CC[C@H](C(=O)Nc1cc(C)ccc1C)c1ccccc1. The van der Waals surface area contributed by atoms with Crippen LogP contribution in [0.4, 0.5) is 5.69 Å². The first-order valence-electron chi connectivity index (χ1n) is 7.05. The molecule has 0 spiro atoms. The Balaban J connectivity index is 2.20. The van der Waals surface area contributed by atoms with Crippen LogP contribution in [0.3, 0.4) is 0 Å². The molecular formula is C18H21NO. The molecule has 0 unspecified atom stereocenters. The molecule has 0 aliphatic rings. The Morgan fingerprint density at radius 1 is 1.10 bits per heavy atom. The van der Waals surface area contributed by atoms with Crippen LogP contribution in [0.1, 0.15) is 36.0 Å². The van der Waals surface area contributed by atoms with Crippen LogP contribution in [0.15, 0.2) is 48.5 Å². The highest BCUT2D eigenvalue weighted by molar-refractivity contribution is 5.96. The fourth-order valence-corrected chi connectivity index (χ4v) is 2.35. The fourth-order valence-electron chi connectivity index (χ4n) is 2.35. The van der Waals surface area contributed by atoms with Crippen molar-refractivity contribution in [3.05, 3.63) is 65.2 Å². The Morgan fingerprint density at radius 2 is 1.80 bits per heavy atom. The summed E-state index contributed by atoms with van der Waals surface area (Å²) in [4.78, 5) is 12.5. The van der Waals surface area contributed by atoms with Crippen LogP contribution in [-0.2, 0) is 4.79 Å². The van der Waals surface area contributed by atoms with Crippen molar-refractivity contribution in [3.8, 4) is 0 Å². The number of carbonyl (C=O) groups is 1. The maximum atomic E-state index is 12.5. The summed E-state index contributed by atoms with van der Waals surface area (Å²) >= 11 is 0. The van der Waals surface area contributed by atoms with Gasteiger partial charge in [-0.25, -0.2) is 0 Å². The molecule has 0 bridgehead atoms. The van der Waals surface area contributed by atoms with Gasteiger partial charge in [0.15, 0.2) is 0 Å². The molecule has 0 saturated heterocycles. The summed E-state index contributed by atoms with van der Waals surface area (Å²) in [5.74, 6) is -0.0384. The number of benzene rings is 2. The first kappa shape index (κ1) is 14.3. The van der Waals surface area contributed by atoms with Crippen molar-refractivity contribution in [1.29, 1.82) is 0 Å². The van der Waals surface area contributed by atoms with Gasteiger partial charge < -0.3 is 5.32 Å². The zero-order valence-corrected chi connectivity index (χ0v) is 12.3. The molecular weight excluding hydrogens is 246 g/mol. The summed E-state index contributed by atoms with van der Waals surface area (Å²) < 4.78 is 0. The van der Waals surface area contributed by atoms with Gasteiger partial charge >= 0.3 is 0 Å². The average molecular weight is 267 g/mol. The Labute approximate surface area is 120 Å². The molecule has 0 heterocycles. The molecule has 1 N–H and O–H groups in total. The summed E-state index contributed by atoms with van der Waals surface area (Å²) in [6.07, 6.45) is 0.792. The predicted octanol–water partition coefficient (Wildman–Crippen LogP) is 4.44. The lowest BCUT2D eigenvalue weighted by Gasteiger charge is -2.17. The molecule has 104 valence electrons. The van der Waals surface area contributed by atoms with E-state index >= 15 is 0 Å². The van der Waals surface area contributed by atoms with Gasteiger partial charge in [0, 0.05) is 5.69 Å². The van der Waals surface area contributed by atoms with Crippen molar-refractivity contribution < 1.29 is 4.79 Å². The first-order chi connectivity index (χ1) is 9.61. The molecule has 0 aliphatic carbocycles. The second-order valence-electron chi connectivity index (χ2n) is 5.18. The van der Waals surface area contributed by atoms with Crippen molar-refractivity contribution in [3.63, 3.8) is 0 Å². The van der Waals surface area contributed by atoms with Crippen LogP contribution in [0.5, 0.6) is 0 Å². The van der Waals surface area contributed by atoms with Crippen LogP contribution < -0.4 is 5.32 Å². The number of rotatable bonds is 4. The number of hydrogen-bond acceptors (Lipinski definition) is 1. The second kappa shape index (κ2) is 6.38. The van der Waals surface area contributed by atoms with E-state index in [1.54, 1.807) is 0 Å². The lowest BCUT2D eigenvalue weighted by molar-refractivity contribution is -0.117. The van der Waals surface area contributed by atoms with Crippen LogP contribution >= 0.6 is 0 Å². The molecule has 0 saturated carbocycles. The van der Waals surface area contributed by atoms with E-state index in [0.717, 1.165) is 28.8 Å². The zero-order valence-electron chi connectivity index (χ0n) is 12.3. The number of hydrogen-bond donors (Lipinski definition) is 1. The highest BCUT2D eigenvalue weighted by Gasteiger charge is 2.18. The fraction of sp³-hybridized carbons (Fsp3) is 0.278. The van der Waals surface area contributed by atoms with E-state index in [-0.39, 0.29) is 11.8 Å². The summed E-state index contributed by atoms with van der Waals surface area (Å²) in [6.45, 7) is 6.09. The van der Waals surface area contributed by atoms with Gasteiger partial charge in [-0.2, -0.15) is 0 Å². The van der Waals surface area contributed by atoms with Gasteiger partial charge in [-0.05, 0) is 43.0 Å². The summed E-state index contributed by atoms with van der Waals surface area (Å²) in [7, 11) is 0. The smallest absolute Gasteiger partial charge is 0.231 e. The topological polar surface area (TPSA) is 29.1 Å². The number of amides is 1. The quantitative estimate of drug-likeness (QED) is 0.872. The molecule has 2 aromatic carbocycles. The Bertz CT molecular complexity index is 590. The molecule has 0 fully saturated rings. The van der Waals surface area contributed by atoms with Gasteiger partial charge in [0.1, 0.15) is 0 Å². The van der Waals surface area contributed by atoms with Gasteiger partial charge in [-0.15, -0.1) is 0 Å². The molecule has 0 aromatic heterocycles. The van der Waals surface area contributed by atoms with E-state index in [2.05, 4.69) is 11.4 Å². The van der Waals surface area contributed by atoms with Crippen molar-refractivity contribution in [2.45, 2.75) is 33.1 Å². The van der Waals surface area contributed by atoms with Crippen molar-refractivity contribution in [2.24, 2.45) is 0 Å². The molecule has 2 heteroatoms. The molecule has 0 radical (unpaired) electrons. The third-order valence-corrected chi connectivity index (χ3v) is 3.58. The number of aryl methyl sites for hydroxylation is 2. The van der Waals surface area contributed by atoms with Crippen molar-refractivity contribution in [2.75, 3.05) is 5.32 Å². The lowest BCUT2D eigenvalue weighted by atomic mass is 9.95. The number of carbonyl (C=O) groups excluding carboxylic acids is 1. The normalized spacial score (nSPS) is 11.9. The maximum absolute atomic E-state index is 12.5. The monoisotopic (exact) mass is 267 g/mol. The average Bonchev–Trinajstić information content (AvgIpc) is 2.45. The second-order valence-corrected chi connectivity index (χ2v) is 5.18. The van der Waals surface area contributed by atoms with E-state index in [4.69, 9.17) is 0 Å². The van der Waals surface area contributed by atoms with Crippen molar-refractivity contribution >= 4 is 11.6 Å². The minimum atomic E-state index is -0.101. The minimum Gasteiger partial charge on any atom is -0.325 e. The zero-order chi connectivity index (χ0) is 14.5. The predicted molar refractivity (Wildman–Crippen MR) is 84.0 cm³/mol. The third kappa shape index (κ3) is 3.27. The number of anilines is 1. The first-order valence-corrected chi connectivity index (χ1v) is 7.05. The molecule has 2 rings (SSSR count). The van der Waals surface area contributed by atoms with Crippen LogP contribution in [-0.4, -0.2) is 5.91 Å². The largest absolute Gasteiger partial charge is 0.325 e. The van der Waals surface area contributed by atoms with Crippen LogP contribution in [0.2, 0.25) is 0 Å². The van der Waals surface area contributed by atoms with E-state index in [0.29, 0.717) is 0 Å². The molecule has 0 aliphatic heterocycles. The Morgan fingerprint density at radius 3 is 2.45 bits per heavy atom. The Kier molecular flexibility index (Phi) is 4.57. The summed E-state index contributed by atoms with van der Waals surface area (Å²) in [5.41, 5.74) is 4.22. The standard InChI is InChI=1S/C18H21NO/c1-4-16(15-8-6-5-7-9-15)18(20)19-17-12-13(2)10-11-14(17)3/h5-12,16H,4H2,1-3H3,(H,19,20)/t16-/m0/s1. The highest BCUT2D eigenvalue weighted by atomic mass is 16.1. The third-order valence-electron chi connectivity index (χ3n) is 3.58. The van der Waals surface area contributed by atoms with Gasteiger partial charge in [-0.3, -0.25) is 4.79 Å². The van der Waals surface area contributed by atoms with Gasteiger partial charge in [-0.1, -0.05) is 49.4 Å². The van der Waals surface area contributed by atoms with E-state index < -0.39 is 0 Å². The van der Waals surface area contributed by atoms with Crippen molar-refractivity contribution in [1.82, 2.24) is 0 Å². The van der Waals surface area contributed by atoms with Crippen LogP contribution in [0, 0.1) is 13.8 Å². The molecule has 1 amide bonds. The summed E-state index contributed by atoms with van der Waals surface area (Å²) in [5, 5.41) is 3.06. The molecule has 2 nitrogen and oxygen atoms in total. The van der Waals surface area contributed by atoms with E-state index in [1.807, 2.05) is 63.2 Å². The maximum Gasteiger partial charge on any atom is 0.231 e. The number of nitrogens with one attached hydrogen (secondary N) is 1. The molecule has 1 atom stereocenters. The lowest BCUT2D eigenvalue weighted by Crippen LogP contribution is -2.21.